The van der Waals surface area contributed by atoms with Crippen molar-refractivity contribution in [2.75, 3.05) is 32.2 Å². The molecule has 38 heavy (non-hydrogen) atoms. The normalized spacial score (nSPS) is 25.0. The molecule has 2 saturated heterocycles. The SMILES string of the molecule is COc1ccc2ncc(F)c(C(CO)CC34CCC([NH2+]Cc5ccc6c(n5)NC(=O)CO6)(CC3)CO4)c2n1. The summed E-state index contributed by atoms with van der Waals surface area (Å²) in [6.07, 6.45) is 5.23. The number of halogens is 1. The zero-order chi connectivity index (χ0) is 26.3. The lowest BCUT2D eigenvalue weighted by molar-refractivity contribution is -0.754. The summed E-state index contributed by atoms with van der Waals surface area (Å²) in [4.78, 5) is 24.8. The lowest BCUT2D eigenvalue weighted by atomic mass is 9.67. The van der Waals surface area contributed by atoms with Gasteiger partial charge in [-0.05, 0) is 37.5 Å². The van der Waals surface area contributed by atoms with E-state index in [1.807, 2.05) is 12.1 Å². The van der Waals surface area contributed by atoms with Crippen molar-refractivity contribution in [2.24, 2.45) is 0 Å². The maximum absolute atomic E-state index is 15.1. The molecule has 3 aromatic heterocycles. The van der Waals surface area contributed by atoms with Gasteiger partial charge in [0, 0.05) is 30.4 Å². The molecule has 0 aromatic carbocycles. The predicted octanol–water partition coefficient (Wildman–Crippen LogP) is 1.81. The van der Waals surface area contributed by atoms with Crippen LogP contribution in [0, 0.1) is 5.82 Å². The number of methoxy groups -OCH3 is 1. The molecule has 1 atom stereocenters. The van der Waals surface area contributed by atoms with E-state index in [9.17, 15) is 9.90 Å². The van der Waals surface area contributed by atoms with Crippen molar-refractivity contribution in [1.29, 1.82) is 0 Å². The van der Waals surface area contributed by atoms with Gasteiger partial charge in [0.2, 0.25) is 5.88 Å². The number of rotatable bonds is 8. The molecule has 6 heterocycles. The van der Waals surface area contributed by atoms with E-state index in [0.717, 1.165) is 31.4 Å². The van der Waals surface area contributed by atoms with Crippen LogP contribution in [0.2, 0.25) is 0 Å². The van der Waals surface area contributed by atoms with Crippen LogP contribution in [0.5, 0.6) is 11.6 Å². The molecule has 4 N–H and O–H groups in total. The zero-order valence-corrected chi connectivity index (χ0v) is 21.2. The second-order valence-electron chi connectivity index (χ2n) is 10.6. The first-order valence-corrected chi connectivity index (χ1v) is 12.9. The molecule has 200 valence electrons. The summed E-state index contributed by atoms with van der Waals surface area (Å²) < 4.78 is 32.2. The van der Waals surface area contributed by atoms with E-state index in [2.05, 4.69) is 25.6 Å². The van der Waals surface area contributed by atoms with Gasteiger partial charge in [0.05, 0.1) is 42.2 Å². The van der Waals surface area contributed by atoms with Crippen LogP contribution in [0.4, 0.5) is 10.2 Å². The molecule has 1 unspecified atom stereocenters. The van der Waals surface area contributed by atoms with Crippen molar-refractivity contribution in [3.05, 3.63) is 47.5 Å². The summed E-state index contributed by atoms with van der Waals surface area (Å²) in [6.45, 7) is 1.01. The van der Waals surface area contributed by atoms with E-state index in [4.69, 9.17) is 14.2 Å². The largest absolute Gasteiger partial charge is 0.481 e. The number of nitrogens with one attached hydrogen (secondary N) is 1. The Morgan fingerprint density at radius 3 is 2.79 bits per heavy atom. The van der Waals surface area contributed by atoms with Gasteiger partial charge in [-0.25, -0.2) is 14.4 Å². The van der Waals surface area contributed by atoms with Gasteiger partial charge in [-0.1, -0.05) is 0 Å². The Kier molecular flexibility index (Phi) is 6.37. The highest BCUT2D eigenvalue weighted by Gasteiger charge is 2.53. The smallest absolute Gasteiger partial charge is 0.263 e. The van der Waals surface area contributed by atoms with Crippen molar-refractivity contribution >= 4 is 22.8 Å². The minimum absolute atomic E-state index is 0.00816. The number of anilines is 1. The summed E-state index contributed by atoms with van der Waals surface area (Å²) in [5.74, 6) is 0.251. The van der Waals surface area contributed by atoms with Gasteiger partial charge in [-0.2, -0.15) is 0 Å². The lowest BCUT2D eigenvalue weighted by Crippen LogP contribution is -2.98. The molecule has 3 aliphatic heterocycles. The Morgan fingerprint density at radius 2 is 2.05 bits per heavy atom. The van der Waals surface area contributed by atoms with Gasteiger partial charge >= 0.3 is 0 Å². The molecule has 1 aliphatic carbocycles. The number of nitrogens with zero attached hydrogens (tertiary/aromatic N) is 3. The summed E-state index contributed by atoms with van der Waals surface area (Å²) in [5.41, 5.74) is 1.70. The maximum Gasteiger partial charge on any atom is 0.263 e. The number of aromatic nitrogens is 3. The third-order valence-corrected chi connectivity index (χ3v) is 8.23. The second kappa shape index (κ2) is 9.72. The molecule has 3 fully saturated rings. The van der Waals surface area contributed by atoms with E-state index in [1.165, 1.54) is 13.3 Å². The number of pyridine rings is 3. The second-order valence-corrected chi connectivity index (χ2v) is 10.6. The lowest BCUT2D eigenvalue weighted by Gasteiger charge is -2.52. The number of aliphatic hydroxyl groups excluding tert-OH is 1. The van der Waals surface area contributed by atoms with Crippen LogP contribution in [0.1, 0.15) is 49.3 Å². The van der Waals surface area contributed by atoms with Crippen molar-refractivity contribution < 1.29 is 33.8 Å². The van der Waals surface area contributed by atoms with Crippen molar-refractivity contribution in [2.45, 2.75) is 55.7 Å². The van der Waals surface area contributed by atoms with Gasteiger partial charge in [-0.15, -0.1) is 0 Å². The van der Waals surface area contributed by atoms with Crippen LogP contribution in [0.15, 0.2) is 30.5 Å². The summed E-state index contributed by atoms with van der Waals surface area (Å²) >= 11 is 0. The molecule has 3 aromatic rings. The van der Waals surface area contributed by atoms with Crippen LogP contribution in [0.25, 0.3) is 11.0 Å². The van der Waals surface area contributed by atoms with E-state index in [1.54, 1.807) is 12.1 Å². The topological polar surface area (TPSA) is 132 Å². The fourth-order valence-corrected chi connectivity index (χ4v) is 6.01. The molecule has 0 spiro atoms. The first-order valence-electron chi connectivity index (χ1n) is 12.9. The Morgan fingerprint density at radius 1 is 1.21 bits per heavy atom. The highest BCUT2D eigenvalue weighted by molar-refractivity contribution is 5.94. The molecule has 7 rings (SSSR count). The molecule has 11 heteroatoms. The van der Waals surface area contributed by atoms with E-state index < -0.39 is 17.3 Å². The zero-order valence-electron chi connectivity index (χ0n) is 21.2. The van der Waals surface area contributed by atoms with Crippen LogP contribution in [-0.4, -0.2) is 64.0 Å². The molecule has 1 saturated carbocycles. The minimum Gasteiger partial charge on any atom is -0.481 e. The summed E-state index contributed by atoms with van der Waals surface area (Å²) in [5, 5.41) is 15.4. The predicted molar refractivity (Wildman–Crippen MR) is 134 cm³/mol. The molecular formula is C27H31FN5O5+. The van der Waals surface area contributed by atoms with Gasteiger partial charge < -0.3 is 30.0 Å². The van der Waals surface area contributed by atoms with Gasteiger partial charge in [0.25, 0.3) is 5.91 Å². The Bertz CT molecular complexity index is 1360. The quantitative estimate of drug-likeness (QED) is 0.407. The number of quaternary nitrogens is 1. The average Bonchev–Trinajstić information content (AvgIpc) is 2.95. The van der Waals surface area contributed by atoms with Gasteiger partial charge in [0.1, 0.15) is 24.5 Å². The molecular weight excluding hydrogens is 493 g/mol. The fourth-order valence-electron chi connectivity index (χ4n) is 6.01. The number of hydrogen-bond donors (Lipinski definition) is 3. The molecule has 0 radical (unpaired) electrons. The van der Waals surface area contributed by atoms with Crippen LogP contribution < -0.4 is 20.1 Å². The Hall–Kier alpha value is -3.41. The van der Waals surface area contributed by atoms with Crippen molar-refractivity contribution in [1.82, 2.24) is 15.0 Å². The fraction of sp³-hybridized carbons (Fsp3) is 0.481. The number of carbonyl (C=O) groups excluding carboxylic acids is 1. The van der Waals surface area contributed by atoms with Crippen molar-refractivity contribution in [3.8, 4) is 11.6 Å². The summed E-state index contributed by atoms with van der Waals surface area (Å²) in [7, 11) is 1.51. The highest BCUT2D eigenvalue weighted by atomic mass is 19.1. The van der Waals surface area contributed by atoms with Crippen LogP contribution >= 0.6 is 0 Å². The van der Waals surface area contributed by atoms with Gasteiger partial charge in [0.15, 0.2) is 18.2 Å². The highest BCUT2D eigenvalue weighted by Crippen LogP contribution is 2.47. The van der Waals surface area contributed by atoms with Crippen molar-refractivity contribution in [3.63, 3.8) is 0 Å². The number of amides is 1. The first-order chi connectivity index (χ1) is 18.4. The van der Waals surface area contributed by atoms with Crippen LogP contribution in [-0.2, 0) is 16.1 Å². The molecule has 1 amide bonds. The van der Waals surface area contributed by atoms with Crippen LogP contribution in [0.3, 0.4) is 0 Å². The molecule has 4 aliphatic rings. The third-order valence-electron chi connectivity index (χ3n) is 8.23. The minimum atomic E-state index is -0.484. The number of carbonyl (C=O) groups is 1. The molecule has 2 bridgehead atoms. The molecule has 10 nitrogen and oxygen atoms in total. The standard InChI is InChI=1S/C27H30FN5O5/c1-36-22-5-3-19-24(33-22)23(18(28)12-29-19)16(13-34)10-27-8-6-26(7-9-27,15-38-27)30-11-17-2-4-20-25(31-17)32-21(35)14-37-20/h2-5,12,16,30,34H,6-11,13-15H2,1H3,(H,31,32,35)/p+1. The first kappa shape index (κ1) is 24.9. The number of hydrogen-bond acceptors (Lipinski definition) is 8. The Balaban J connectivity index is 1.15. The number of ether oxygens (including phenoxy) is 3. The van der Waals surface area contributed by atoms with E-state index in [0.29, 0.717) is 53.6 Å². The maximum atomic E-state index is 15.1. The monoisotopic (exact) mass is 524 g/mol. The summed E-state index contributed by atoms with van der Waals surface area (Å²) in [6, 6.07) is 7.20. The third kappa shape index (κ3) is 4.55. The average molecular weight is 525 g/mol. The number of nitrogens with two attached hydrogens (primary N) is 1. The van der Waals surface area contributed by atoms with E-state index >= 15 is 4.39 Å². The van der Waals surface area contributed by atoms with E-state index in [-0.39, 0.29) is 24.7 Å². The number of aliphatic hydroxyl groups is 1. The van der Waals surface area contributed by atoms with Gasteiger partial charge in [-0.3, -0.25) is 9.78 Å². The number of fused-ring (bicyclic) bond motifs is 5. The Labute approximate surface area is 218 Å².